The molecule has 0 aliphatic heterocycles. The van der Waals surface area contributed by atoms with E-state index in [1.807, 2.05) is 6.92 Å². The Kier molecular flexibility index (Phi) is 4.85. The first-order valence-electron chi connectivity index (χ1n) is 8.61. The Hall–Kier alpha value is -3.52. The van der Waals surface area contributed by atoms with Crippen LogP contribution in [0.5, 0.6) is 5.75 Å². The molecule has 2 heterocycles. The molecular weight excluding hydrogens is 395 g/mol. The Morgan fingerprint density at radius 3 is 2.66 bits per heavy atom. The Balaban J connectivity index is 1.64. The molecule has 0 spiro atoms. The zero-order chi connectivity index (χ0) is 20.5. The van der Waals surface area contributed by atoms with Gasteiger partial charge in [-0.1, -0.05) is 0 Å². The summed E-state index contributed by atoms with van der Waals surface area (Å²) >= 11 is 1.26. The molecule has 29 heavy (non-hydrogen) atoms. The van der Waals surface area contributed by atoms with Crippen LogP contribution in [0.1, 0.15) is 15.2 Å². The van der Waals surface area contributed by atoms with Gasteiger partial charge in [-0.3, -0.25) is 10.1 Å². The summed E-state index contributed by atoms with van der Waals surface area (Å²) in [5.74, 6) is -0.380. The minimum Gasteiger partial charge on any atom is -0.497 e. The maximum absolute atomic E-state index is 13.1. The van der Waals surface area contributed by atoms with Crippen LogP contribution in [-0.4, -0.2) is 18.0 Å². The lowest BCUT2D eigenvalue weighted by Gasteiger charge is -2.04. The van der Waals surface area contributed by atoms with E-state index in [4.69, 9.17) is 9.15 Å². The van der Waals surface area contributed by atoms with Gasteiger partial charge in [0, 0.05) is 15.8 Å². The number of aryl methyl sites for hydroxylation is 1. The van der Waals surface area contributed by atoms with Crippen molar-refractivity contribution >= 4 is 33.3 Å². The molecule has 0 atom stereocenters. The average Bonchev–Trinajstić information content (AvgIpc) is 3.07. The van der Waals surface area contributed by atoms with Crippen molar-refractivity contribution in [2.24, 2.45) is 0 Å². The van der Waals surface area contributed by atoms with Gasteiger partial charge in [0.25, 0.3) is 5.91 Å². The summed E-state index contributed by atoms with van der Waals surface area (Å²) < 4.78 is 23.5. The number of aromatic nitrogens is 1. The normalized spacial score (nSPS) is 10.9. The number of fused-ring (bicyclic) bond motifs is 1. The number of nitrogens with zero attached hydrogens (tertiary/aromatic N) is 1. The molecule has 0 saturated carbocycles. The first kappa shape index (κ1) is 18.8. The number of thiazole rings is 1. The van der Waals surface area contributed by atoms with Crippen LogP contribution in [0.2, 0.25) is 0 Å². The van der Waals surface area contributed by atoms with Crippen molar-refractivity contribution in [2.75, 3.05) is 12.4 Å². The lowest BCUT2D eigenvalue weighted by molar-refractivity contribution is 0.102. The Morgan fingerprint density at radius 1 is 1.17 bits per heavy atom. The Morgan fingerprint density at radius 2 is 1.93 bits per heavy atom. The van der Waals surface area contributed by atoms with Gasteiger partial charge >= 0.3 is 5.63 Å². The number of carbonyl (C=O) groups excluding carboxylic acids is 1. The SMILES string of the molecule is COc1ccc2oc(=O)c(C(=O)Nc3nc(-c4ccc(F)cc4)c(C)s3)cc2c1. The van der Waals surface area contributed by atoms with Crippen molar-refractivity contribution in [3.8, 4) is 17.0 Å². The summed E-state index contributed by atoms with van der Waals surface area (Å²) in [6, 6.07) is 12.3. The summed E-state index contributed by atoms with van der Waals surface area (Å²) in [5, 5.41) is 3.53. The van der Waals surface area contributed by atoms with Crippen molar-refractivity contribution in [1.82, 2.24) is 4.98 Å². The molecule has 8 heteroatoms. The number of ether oxygens (including phenoxy) is 1. The summed E-state index contributed by atoms with van der Waals surface area (Å²) in [6.07, 6.45) is 0. The molecule has 146 valence electrons. The van der Waals surface area contributed by atoms with E-state index in [-0.39, 0.29) is 11.4 Å². The van der Waals surface area contributed by atoms with Crippen LogP contribution < -0.4 is 15.7 Å². The minimum absolute atomic E-state index is 0.137. The Labute approximate surface area is 168 Å². The molecular formula is C21H15FN2O4S. The largest absolute Gasteiger partial charge is 0.497 e. The molecule has 0 radical (unpaired) electrons. The lowest BCUT2D eigenvalue weighted by atomic mass is 10.1. The second kappa shape index (κ2) is 7.48. The van der Waals surface area contributed by atoms with Crippen LogP contribution in [-0.2, 0) is 0 Å². The fourth-order valence-corrected chi connectivity index (χ4v) is 3.71. The Bertz CT molecular complexity index is 1280. The highest BCUT2D eigenvalue weighted by Crippen LogP contribution is 2.30. The third-order valence-corrected chi connectivity index (χ3v) is 5.20. The minimum atomic E-state index is -0.743. The number of halogens is 1. The van der Waals surface area contributed by atoms with E-state index in [0.29, 0.717) is 27.5 Å². The van der Waals surface area contributed by atoms with Gasteiger partial charge in [-0.05, 0) is 55.5 Å². The first-order chi connectivity index (χ1) is 13.9. The number of anilines is 1. The number of hydrogen-bond acceptors (Lipinski definition) is 6. The predicted octanol–water partition coefficient (Wildman–Crippen LogP) is 4.62. The maximum atomic E-state index is 13.1. The van der Waals surface area contributed by atoms with Crippen molar-refractivity contribution in [3.05, 3.63) is 75.2 Å². The van der Waals surface area contributed by atoms with Crippen molar-refractivity contribution in [1.29, 1.82) is 0 Å². The fourth-order valence-electron chi connectivity index (χ4n) is 2.88. The number of methoxy groups -OCH3 is 1. The van der Waals surface area contributed by atoms with E-state index in [9.17, 15) is 14.0 Å². The molecule has 1 amide bonds. The molecule has 4 rings (SSSR count). The van der Waals surface area contributed by atoms with Crippen molar-refractivity contribution in [3.63, 3.8) is 0 Å². The van der Waals surface area contributed by atoms with Gasteiger partial charge in [0.15, 0.2) is 5.13 Å². The zero-order valence-corrected chi connectivity index (χ0v) is 16.3. The number of nitrogens with one attached hydrogen (secondary N) is 1. The van der Waals surface area contributed by atoms with Gasteiger partial charge in [-0.2, -0.15) is 0 Å². The molecule has 0 unspecified atom stereocenters. The molecule has 6 nitrogen and oxygen atoms in total. The third kappa shape index (κ3) is 3.74. The zero-order valence-electron chi connectivity index (χ0n) is 15.5. The van der Waals surface area contributed by atoms with Gasteiger partial charge in [0.2, 0.25) is 0 Å². The van der Waals surface area contributed by atoms with Crippen LogP contribution in [0.25, 0.3) is 22.2 Å². The maximum Gasteiger partial charge on any atom is 0.349 e. The summed E-state index contributed by atoms with van der Waals surface area (Å²) in [5.41, 5.74) is 0.851. The molecule has 0 aliphatic rings. The molecule has 0 fully saturated rings. The molecule has 4 aromatic rings. The standard InChI is InChI=1S/C21H15FN2O4S/c1-11-18(12-3-5-14(22)6-4-12)23-21(29-11)24-19(25)16-10-13-9-15(27-2)7-8-17(13)28-20(16)26/h3-10H,1-2H3,(H,23,24,25). The molecule has 0 bridgehead atoms. The number of rotatable bonds is 4. The van der Waals surface area contributed by atoms with E-state index in [0.717, 1.165) is 10.4 Å². The molecule has 2 aromatic heterocycles. The van der Waals surface area contributed by atoms with Gasteiger partial charge in [-0.15, -0.1) is 11.3 Å². The highest BCUT2D eigenvalue weighted by Gasteiger charge is 2.17. The van der Waals surface area contributed by atoms with E-state index < -0.39 is 11.5 Å². The van der Waals surface area contributed by atoms with Crippen LogP contribution in [0.3, 0.4) is 0 Å². The average molecular weight is 410 g/mol. The number of amides is 1. The summed E-state index contributed by atoms with van der Waals surface area (Å²) in [7, 11) is 1.53. The summed E-state index contributed by atoms with van der Waals surface area (Å²) in [4.78, 5) is 30.1. The van der Waals surface area contributed by atoms with Gasteiger partial charge in [0.1, 0.15) is 22.7 Å². The smallest absolute Gasteiger partial charge is 0.349 e. The third-order valence-electron chi connectivity index (χ3n) is 4.32. The van der Waals surface area contributed by atoms with E-state index in [1.165, 1.54) is 36.6 Å². The molecule has 0 saturated heterocycles. The number of carbonyl (C=O) groups is 1. The van der Waals surface area contributed by atoms with Crippen LogP contribution >= 0.6 is 11.3 Å². The molecule has 0 aliphatic carbocycles. The van der Waals surface area contributed by atoms with Gasteiger partial charge < -0.3 is 9.15 Å². The number of benzene rings is 2. The topological polar surface area (TPSA) is 81.4 Å². The fraction of sp³-hybridized carbons (Fsp3) is 0.0952. The summed E-state index contributed by atoms with van der Waals surface area (Å²) in [6.45, 7) is 1.85. The van der Waals surface area contributed by atoms with Gasteiger partial charge in [0.05, 0.1) is 12.8 Å². The van der Waals surface area contributed by atoms with Crippen molar-refractivity contribution in [2.45, 2.75) is 6.92 Å². The second-order valence-electron chi connectivity index (χ2n) is 6.24. The van der Waals surface area contributed by atoms with E-state index in [2.05, 4.69) is 10.3 Å². The van der Waals surface area contributed by atoms with E-state index >= 15 is 0 Å². The highest BCUT2D eigenvalue weighted by molar-refractivity contribution is 7.16. The van der Waals surface area contributed by atoms with E-state index in [1.54, 1.807) is 30.3 Å². The lowest BCUT2D eigenvalue weighted by Crippen LogP contribution is -2.20. The first-order valence-corrected chi connectivity index (χ1v) is 9.43. The second-order valence-corrected chi connectivity index (χ2v) is 7.44. The molecule has 1 N–H and O–H groups in total. The van der Waals surface area contributed by atoms with Crippen LogP contribution in [0.4, 0.5) is 9.52 Å². The van der Waals surface area contributed by atoms with Crippen LogP contribution in [0.15, 0.2) is 57.7 Å². The number of hydrogen-bond donors (Lipinski definition) is 1. The predicted molar refractivity (Wildman–Crippen MR) is 109 cm³/mol. The quantitative estimate of drug-likeness (QED) is 0.496. The van der Waals surface area contributed by atoms with Gasteiger partial charge in [-0.25, -0.2) is 14.2 Å². The van der Waals surface area contributed by atoms with Crippen LogP contribution in [0, 0.1) is 12.7 Å². The molecule has 2 aromatic carbocycles. The highest BCUT2D eigenvalue weighted by atomic mass is 32.1. The van der Waals surface area contributed by atoms with Crippen molar-refractivity contribution < 1.29 is 18.3 Å². The monoisotopic (exact) mass is 410 g/mol.